The van der Waals surface area contributed by atoms with Gasteiger partial charge >= 0.3 is 0 Å². The van der Waals surface area contributed by atoms with Gasteiger partial charge in [0.1, 0.15) is 5.54 Å². The molecule has 0 radical (unpaired) electrons. The Balaban J connectivity index is 1.83. The van der Waals surface area contributed by atoms with E-state index in [1.807, 2.05) is 6.92 Å². The lowest BCUT2D eigenvalue weighted by molar-refractivity contribution is -0.119. The lowest BCUT2D eigenvalue weighted by Crippen LogP contribution is -2.47. The lowest BCUT2D eigenvalue weighted by Gasteiger charge is -2.22. The maximum Gasteiger partial charge on any atom is 0.262 e. The number of hydrogen-bond acceptors (Lipinski definition) is 5. The smallest absolute Gasteiger partial charge is 0.262 e. The number of hydrogen-bond donors (Lipinski definition) is 1. The Bertz CT molecular complexity index is 980. The summed E-state index contributed by atoms with van der Waals surface area (Å²) in [6.07, 6.45) is 2.69. The van der Waals surface area contributed by atoms with Gasteiger partial charge < -0.3 is 5.32 Å². The molecule has 8 heteroatoms. The molecule has 142 valence electrons. The van der Waals surface area contributed by atoms with E-state index in [1.54, 1.807) is 29.7 Å². The van der Waals surface area contributed by atoms with Gasteiger partial charge in [0.2, 0.25) is 5.91 Å². The zero-order chi connectivity index (χ0) is 19.6. The molecule has 1 saturated carbocycles. The number of thioether (sulfide) groups is 1. The number of rotatable bonds is 7. The van der Waals surface area contributed by atoms with Gasteiger partial charge in [-0.1, -0.05) is 30.3 Å². The zero-order valence-electron chi connectivity index (χ0n) is 15.3. The summed E-state index contributed by atoms with van der Waals surface area (Å²) >= 11 is 7.23. The maximum atomic E-state index is 12.8. The van der Waals surface area contributed by atoms with Crippen LogP contribution in [0.3, 0.4) is 0 Å². The number of benzene rings is 1. The van der Waals surface area contributed by atoms with Crippen LogP contribution in [-0.4, -0.2) is 26.8 Å². The minimum absolute atomic E-state index is 0.0895. The zero-order valence-corrected chi connectivity index (χ0v) is 16.9. The first-order valence-electron chi connectivity index (χ1n) is 8.93. The van der Waals surface area contributed by atoms with E-state index >= 15 is 0 Å². The van der Waals surface area contributed by atoms with Crippen molar-refractivity contribution in [1.82, 2.24) is 14.9 Å². The van der Waals surface area contributed by atoms with Gasteiger partial charge in [0.25, 0.3) is 5.56 Å². The first kappa shape index (κ1) is 19.7. The Morgan fingerprint density at radius 1 is 1.52 bits per heavy atom. The SMILES string of the molecule is CCCn1c(SCC(=O)N[C@@](C)(C#N)C2CC2)nc2cc(Cl)ccc2c1=O. The minimum Gasteiger partial charge on any atom is -0.337 e. The van der Waals surface area contributed by atoms with Gasteiger partial charge in [0.05, 0.1) is 22.7 Å². The summed E-state index contributed by atoms with van der Waals surface area (Å²) < 4.78 is 1.60. The van der Waals surface area contributed by atoms with E-state index in [1.165, 1.54) is 11.8 Å². The lowest BCUT2D eigenvalue weighted by atomic mass is 9.98. The summed E-state index contributed by atoms with van der Waals surface area (Å²) in [5, 5.41) is 13.7. The molecule has 1 atom stereocenters. The first-order valence-corrected chi connectivity index (χ1v) is 10.3. The number of carbonyl (C=O) groups excluding carboxylic acids is 1. The van der Waals surface area contributed by atoms with Crippen molar-refractivity contribution in [3.63, 3.8) is 0 Å². The fourth-order valence-corrected chi connectivity index (χ4v) is 4.03. The molecule has 1 aromatic heterocycles. The molecular formula is C19H21ClN4O2S. The quantitative estimate of drug-likeness (QED) is 0.564. The third-order valence-corrected chi connectivity index (χ3v) is 5.90. The van der Waals surface area contributed by atoms with Crippen LogP contribution in [0.5, 0.6) is 0 Å². The highest BCUT2D eigenvalue weighted by Gasteiger charge is 2.42. The second-order valence-corrected chi connectivity index (χ2v) is 8.32. The predicted octanol–water partition coefficient (Wildman–Crippen LogP) is 3.36. The fourth-order valence-electron chi connectivity index (χ4n) is 3.04. The number of aromatic nitrogens is 2. The van der Waals surface area contributed by atoms with E-state index in [0.717, 1.165) is 19.3 Å². The summed E-state index contributed by atoms with van der Waals surface area (Å²) in [5.41, 5.74) is -0.450. The molecule has 27 heavy (non-hydrogen) atoms. The van der Waals surface area contributed by atoms with Crippen LogP contribution < -0.4 is 10.9 Å². The minimum atomic E-state index is -0.828. The average Bonchev–Trinajstić information content (AvgIpc) is 3.48. The topological polar surface area (TPSA) is 87.8 Å². The van der Waals surface area contributed by atoms with E-state index in [0.29, 0.717) is 27.6 Å². The highest BCUT2D eigenvalue weighted by Crippen LogP contribution is 2.39. The van der Waals surface area contributed by atoms with Gasteiger partial charge in [-0.3, -0.25) is 14.2 Å². The number of nitrogens with one attached hydrogen (secondary N) is 1. The summed E-state index contributed by atoms with van der Waals surface area (Å²) in [4.78, 5) is 29.7. The molecule has 6 nitrogen and oxygen atoms in total. The molecule has 0 spiro atoms. The molecule has 1 aliphatic carbocycles. The van der Waals surface area contributed by atoms with Crippen molar-refractivity contribution in [2.75, 3.05) is 5.75 Å². The Labute approximate surface area is 166 Å². The molecule has 0 aliphatic heterocycles. The fraction of sp³-hybridized carbons (Fsp3) is 0.474. The van der Waals surface area contributed by atoms with Crippen LogP contribution in [0.15, 0.2) is 28.2 Å². The largest absolute Gasteiger partial charge is 0.337 e. The third-order valence-electron chi connectivity index (χ3n) is 4.69. The highest BCUT2D eigenvalue weighted by atomic mass is 35.5. The van der Waals surface area contributed by atoms with Crippen LogP contribution in [0, 0.1) is 17.2 Å². The summed E-state index contributed by atoms with van der Waals surface area (Å²) in [6.45, 7) is 4.26. The Kier molecular flexibility index (Phi) is 5.78. The number of halogens is 1. The standard InChI is InChI=1S/C19H21ClN4O2S/c1-3-8-24-17(26)14-7-6-13(20)9-15(14)22-18(24)27-10-16(25)23-19(2,11-21)12-4-5-12/h6-7,9,12H,3-5,8,10H2,1-2H3,(H,23,25)/t19-/m0/s1. The molecule has 1 aromatic carbocycles. The van der Waals surface area contributed by atoms with Gasteiger partial charge in [-0.25, -0.2) is 4.98 Å². The van der Waals surface area contributed by atoms with Crippen LogP contribution in [0.25, 0.3) is 10.9 Å². The molecule has 0 bridgehead atoms. The molecular weight excluding hydrogens is 384 g/mol. The number of carbonyl (C=O) groups is 1. The van der Waals surface area contributed by atoms with Crippen LogP contribution in [0.4, 0.5) is 0 Å². The second-order valence-electron chi connectivity index (χ2n) is 6.94. The molecule has 1 aliphatic rings. The molecule has 0 saturated heterocycles. The Morgan fingerprint density at radius 3 is 2.89 bits per heavy atom. The Hall–Kier alpha value is -2.04. The highest BCUT2D eigenvalue weighted by molar-refractivity contribution is 7.99. The molecule has 1 heterocycles. The van der Waals surface area contributed by atoms with Crippen molar-refractivity contribution in [2.24, 2.45) is 5.92 Å². The van der Waals surface area contributed by atoms with E-state index in [9.17, 15) is 14.9 Å². The van der Waals surface area contributed by atoms with E-state index in [4.69, 9.17) is 11.6 Å². The third kappa shape index (κ3) is 4.28. The van der Waals surface area contributed by atoms with Crippen LogP contribution in [0.2, 0.25) is 5.02 Å². The van der Waals surface area contributed by atoms with Crippen molar-refractivity contribution in [1.29, 1.82) is 5.26 Å². The van der Waals surface area contributed by atoms with Gasteiger partial charge in [0, 0.05) is 11.6 Å². The molecule has 3 rings (SSSR count). The van der Waals surface area contributed by atoms with Crippen LogP contribution in [-0.2, 0) is 11.3 Å². The Morgan fingerprint density at radius 2 is 2.26 bits per heavy atom. The van der Waals surface area contributed by atoms with Gasteiger partial charge in [-0.05, 0) is 50.3 Å². The first-order chi connectivity index (χ1) is 12.9. The van der Waals surface area contributed by atoms with Crippen molar-refractivity contribution >= 4 is 40.2 Å². The molecule has 1 fully saturated rings. The maximum absolute atomic E-state index is 12.8. The predicted molar refractivity (Wildman–Crippen MR) is 107 cm³/mol. The van der Waals surface area contributed by atoms with Crippen LogP contribution in [0.1, 0.15) is 33.1 Å². The van der Waals surface area contributed by atoms with Crippen molar-refractivity contribution < 1.29 is 4.79 Å². The van der Waals surface area contributed by atoms with E-state index < -0.39 is 5.54 Å². The summed E-state index contributed by atoms with van der Waals surface area (Å²) in [5.74, 6) is 0.0711. The van der Waals surface area contributed by atoms with Crippen LogP contribution >= 0.6 is 23.4 Å². The van der Waals surface area contributed by atoms with Crippen molar-refractivity contribution in [3.8, 4) is 6.07 Å². The van der Waals surface area contributed by atoms with Gasteiger partial charge in [0.15, 0.2) is 5.16 Å². The summed E-state index contributed by atoms with van der Waals surface area (Å²) in [6, 6.07) is 7.21. The monoisotopic (exact) mass is 404 g/mol. The number of fused-ring (bicyclic) bond motifs is 1. The van der Waals surface area contributed by atoms with Gasteiger partial charge in [-0.2, -0.15) is 5.26 Å². The molecule has 0 unspecified atom stereocenters. The second kappa shape index (κ2) is 7.91. The number of nitriles is 1. The van der Waals surface area contributed by atoms with E-state index in [2.05, 4.69) is 16.4 Å². The molecule has 1 amide bonds. The van der Waals surface area contributed by atoms with Gasteiger partial charge in [-0.15, -0.1) is 0 Å². The number of nitrogens with zero attached hydrogens (tertiary/aromatic N) is 3. The van der Waals surface area contributed by atoms with E-state index in [-0.39, 0.29) is 23.1 Å². The van der Waals surface area contributed by atoms with Crippen molar-refractivity contribution in [3.05, 3.63) is 33.6 Å². The average molecular weight is 405 g/mol. The number of amides is 1. The summed E-state index contributed by atoms with van der Waals surface area (Å²) in [7, 11) is 0. The van der Waals surface area contributed by atoms with Crippen molar-refractivity contribution in [2.45, 2.75) is 50.4 Å². The molecule has 2 aromatic rings. The normalized spacial score (nSPS) is 15.9. The molecule has 1 N–H and O–H groups in total.